The first-order valence-corrected chi connectivity index (χ1v) is 8.63. The molecule has 2 rings (SSSR count). The Kier molecular flexibility index (Phi) is 4.83. The molecule has 2 atom stereocenters. The fourth-order valence-electron chi connectivity index (χ4n) is 2.51. The van der Waals surface area contributed by atoms with Crippen LogP contribution in [-0.4, -0.2) is 77.9 Å². The number of likely N-dealkylation sites (tertiary alicyclic amines) is 1. The van der Waals surface area contributed by atoms with Crippen LogP contribution in [0.5, 0.6) is 11.5 Å². The number of benzene rings is 1. The number of sulfonamides is 1. The lowest BCUT2D eigenvalue weighted by atomic mass is 10.1. The minimum atomic E-state index is -3.51. The number of carbonyl (C=O) groups is 1. The summed E-state index contributed by atoms with van der Waals surface area (Å²) >= 11 is 0. The molecule has 0 aliphatic carbocycles. The predicted octanol–water partition coefficient (Wildman–Crippen LogP) is -0.578. The Hall–Kier alpha value is -1.84. The van der Waals surface area contributed by atoms with E-state index in [1.807, 2.05) is 0 Å². The zero-order valence-corrected chi connectivity index (χ0v) is 13.7. The summed E-state index contributed by atoms with van der Waals surface area (Å²) in [7, 11) is -0.703. The first kappa shape index (κ1) is 17.5. The smallest absolute Gasteiger partial charge is 0.261 e. The molecule has 8 nitrogen and oxygen atoms in total. The highest BCUT2D eigenvalue weighted by Crippen LogP contribution is 2.30. The third-order valence-corrected chi connectivity index (χ3v) is 5.87. The number of phenolic OH excluding ortho intramolecular Hbond substituents is 2. The SMILES string of the molecule is CN(C)S(=O)(=O)C[C@@H]1CN(C(=O)c2c(O)cccc2O)C[C@@H]1O. The standard InChI is InChI=1S/C14H20N2O6S/c1-15(2)23(21,22)8-9-6-16(7-12(9)19)14(20)13-10(17)4-3-5-11(13)18/h3-5,9,12,17-19H,6-8H2,1-2H3/t9-,12-/m0/s1. The molecule has 9 heteroatoms. The first-order valence-electron chi connectivity index (χ1n) is 7.02. The van der Waals surface area contributed by atoms with E-state index < -0.39 is 28.0 Å². The van der Waals surface area contributed by atoms with Gasteiger partial charge >= 0.3 is 0 Å². The second-order valence-electron chi connectivity index (χ2n) is 5.77. The molecular formula is C14H20N2O6S. The molecule has 1 fully saturated rings. The van der Waals surface area contributed by atoms with Gasteiger partial charge in [-0.15, -0.1) is 0 Å². The number of amides is 1. The second kappa shape index (κ2) is 6.34. The van der Waals surface area contributed by atoms with Crippen LogP contribution in [0.25, 0.3) is 0 Å². The zero-order valence-electron chi connectivity index (χ0n) is 12.9. The van der Waals surface area contributed by atoms with Crippen LogP contribution in [0.2, 0.25) is 0 Å². The summed E-state index contributed by atoms with van der Waals surface area (Å²) in [6.45, 7) is -0.0267. The fourth-order valence-corrected chi connectivity index (χ4v) is 3.68. The highest BCUT2D eigenvalue weighted by Gasteiger charge is 2.38. The number of aliphatic hydroxyl groups is 1. The summed E-state index contributed by atoms with van der Waals surface area (Å²) in [5.74, 6) is -2.29. The number of β-amino-alcohol motifs (C(OH)–C–C–N with tert-alkyl or cyclic N) is 1. The highest BCUT2D eigenvalue weighted by molar-refractivity contribution is 7.89. The van der Waals surface area contributed by atoms with Crippen LogP contribution < -0.4 is 0 Å². The average Bonchev–Trinajstić information content (AvgIpc) is 2.79. The Morgan fingerprint density at radius 2 is 1.83 bits per heavy atom. The van der Waals surface area contributed by atoms with Gasteiger partial charge in [0.1, 0.15) is 17.1 Å². The normalized spacial score (nSPS) is 21.8. The van der Waals surface area contributed by atoms with Gasteiger partial charge in [-0.25, -0.2) is 12.7 Å². The van der Waals surface area contributed by atoms with E-state index in [2.05, 4.69) is 0 Å². The van der Waals surface area contributed by atoms with E-state index in [-0.39, 0.29) is 35.9 Å². The molecule has 23 heavy (non-hydrogen) atoms. The van der Waals surface area contributed by atoms with Crippen LogP contribution in [0.3, 0.4) is 0 Å². The van der Waals surface area contributed by atoms with Gasteiger partial charge in [-0.05, 0) is 12.1 Å². The van der Waals surface area contributed by atoms with Crippen LogP contribution in [0.4, 0.5) is 0 Å². The van der Waals surface area contributed by atoms with Gasteiger partial charge in [0, 0.05) is 33.1 Å². The van der Waals surface area contributed by atoms with Crippen molar-refractivity contribution in [3.63, 3.8) is 0 Å². The van der Waals surface area contributed by atoms with Crippen molar-refractivity contribution in [1.29, 1.82) is 0 Å². The van der Waals surface area contributed by atoms with Crippen molar-refractivity contribution in [2.75, 3.05) is 32.9 Å². The Balaban J connectivity index is 2.17. The minimum Gasteiger partial charge on any atom is -0.507 e. The van der Waals surface area contributed by atoms with Crippen molar-refractivity contribution in [3.8, 4) is 11.5 Å². The van der Waals surface area contributed by atoms with Crippen molar-refractivity contribution in [2.24, 2.45) is 5.92 Å². The van der Waals surface area contributed by atoms with Crippen molar-refractivity contribution in [1.82, 2.24) is 9.21 Å². The molecule has 1 saturated heterocycles. The van der Waals surface area contributed by atoms with Crippen molar-refractivity contribution >= 4 is 15.9 Å². The van der Waals surface area contributed by atoms with Gasteiger partial charge in [0.25, 0.3) is 5.91 Å². The number of hydrogen-bond acceptors (Lipinski definition) is 6. The second-order valence-corrected chi connectivity index (χ2v) is 8.00. The maximum atomic E-state index is 12.4. The van der Waals surface area contributed by atoms with Crippen LogP contribution in [0, 0.1) is 5.92 Å². The molecule has 1 amide bonds. The largest absolute Gasteiger partial charge is 0.507 e. The third kappa shape index (κ3) is 3.57. The third-order valence-electron chi connectivity index (χ3n) is 3.91. The van der Waals surface area contributed by atoms with Gasteiger partial charge in [-0.3, -0.25) is 4.79 Å². The summed E-state index contributed by atoms with van der Waals surface area (Å²) in [5.41, 5.74) is -0.254. The van der Waals surface area contributed by atoms with Gasteiger partial charge in [0.15, 0.2) is 0 Å². The molecule has 1 aromatic carbocycles. The predicted molar refractivity (Wildman–Crippen MR) is 82.6 cm³/mol. The number of carbonyl (C=O) groups excluding carboxylic acids is 1. The van der Waals surface area contributed by atoms with Crippen LogP contribution in [0.1, 0.15) is 10.4 Å². The molecule has 1 aliphatic heterocycles. The Morgan fingerprint density at radius 3 is 2.35 bits per heavy atom. The first-order chi connectivity index (χ1) is 10.6. The monoisotopic (exact) mass is 344 g/mol. The van der Waals surface area contributed by atoms with E-state index in [1.54, 1.807) is 0 Å². The van der Waals surface area contributed by atoms with Crippen molar-refractivity contribution in [2.45, 2.75) is 6.10 Å². The molecular weight excluding hydrogens is 324 g/mol. The molecule has 1 aromatic rings. The maximum Gasteiger partial charge on any atom is 0.261 e. The number of rotatable bonds is 4. The minimum absolute atomic E-state index is 0.0286. The summed E-state index contributed by atoms with van der Waals surface area (Å²) in [5, 5.41) is 29.5. The van der Waals surface area contributed by atoms with Crippen molar-refractivity contribution in [3.05, 3.63) is 23.8 Å². The van der Waals surface area contributed by atoms with E-state index in [0.29, 0.717) is 0 Å². The Morgan fingerprint density at radius 1 is 1.26 bits per heavy atom. The molecule has 1 aliphatic rings. The number of aromatic hydroxyl groups is 2. The van der Waals surface area contributed by atoms with E-state index in [1.165, 1.54) is 37.2 Å². The molecule has 3 N–H and O–H groups in total. The fraction of sp³-hybridized carbons (Fsp3) is 0.500. The molecule has 0 radical (unpaired) electrons. The lowest BCUT2D eigenvalue weighted by Gasteiger charge is -2.18. The molecule has 0 aromatic heterocycles. The van der Waals surface area contributed by atoms with E-state index >= 15 is 0 Å². The van der Waals surface area contributed by atoms with Gasteiger partial charge in [-0.2, -0.15) is 0 Å². The molecule has 0 bridgehead atoms. The lowest BCUT2D eigenvalue weighted by molar-refractivity contribution is 0.0758. The van der Waals surface area contributed by atoms with Crippen LogP contribution >= 0.6 is 0 Å². The van der Waals surface area contributed by atoms with Gasteiger partial charge in [-0.1, -0.05) is 6.07 Å². The number of hydrogen-bond donors (Lipinski definition) is 3. The Labute approximate surface area is 134 Å². The molecule has 0 saturated carbocycles. The van der Waals surface area contributed by atoms with E-state index in [9.17, 15) is 28.5 Å². The van der Waals surface area contributed by atoms with Crippen molar-refractivity contribution < 1.29 is 28.5 Å². The Bertz CT molecular complexity index is 683. The van der Waals surface area contributed by atoms with E-state index in [4.69, 9.17) is 0 Å². The summed E-state index contributed by atoms with van der Waals surface area (Å²) in [6, 6.07) is 3.94. The van der Waals surface area contributed by atoms with Gasteiger partial charge < -0.3 is 20.2 Å². The lowest BCUT2D eigenvalue weighted by Crippen LogP contribution is -2.33. The van der Waals surface area contributed by atoms with E-state index in [0.717, 1.165) is 4.31 Å². The van der Waals surface area contributed by atoms with Crippen LogP contribution in [-0.2, 0) is 10.0 Å². The quantitative estimate of drug-likeness (QED) is 0.673. The highest BCUT2D eigenvalue weighted by atomic mass is 32.2. The topological polar surface area (TPSA) is 118 Å². The summed E-state index contributed by atoms with van der Waals surface area (Å²) in [6.07, 6.45) is -0.985. The molecule has 1 heterocycles. The molecule has 0 spiro atoms. The van der Waals surface area contributed by atoms with Gasteiger partial charge in [0.2, 0.25) is 10.0 Å². The number of aliphatic hydroxyl groups excluding tert-OH is 1. The summed E-state index contributed by atoms with van der Waals surface area (Å²) in [4.78, 5) is 13.6. The number of phenols is 2. The molecule has 128 valence electrons. The van der Waals surface area contributed by atoms with Gasteiger partial charge in [0.05, 0.1) is 11.9 Å². The van der Waals surface area contributed by atoms with Crippen LogP contribution in [0.15, 0.2) is 18.2 Å². The summed E-state index contributed by atoms with van der Waals surface area (Å²) < 4.78 is 24.9. The number of nitrogens with zero attached hydrogens (tertiary/aromatic N) is 2. The zero-order chi connectivity index (χ0) is 17.4. The maximum absolute atomic E-state index is 12.4. The molecule has 0 unspecified atom stereocenters. The average molecular weight is 344 g/mol.